The number of carbonyl (C=O) groups is 13. The summed E-state index contributed by atoms with van der Waals surface area (Å²) in [5.74, 6) is -12.6. The molecule has 0 aliphatic heterocycles. The summed E-state index contributed by atoms with van der Waals surface area (Å²) in [6.07, 6.45) is 0. The van der Waals surface area contributed by atoms with Gasteiger partial charge in [-0.25, -0.2) is 0 Å². The van der Waals surface area contributed by atoms with Crippen LogP contribution in [0.5, 0.6) is 0 Å². The highest BCUT2D eigenvalue weighted by Crippen LogP contribution is 2.21. The highest BCUT2D eigenvalue weighted by molar-refractivity contribution is 6.00. The zero-order chi connectivity index (χ0) is 67.5. The molecule has 7 amide bonds. The van der Waals surface area contributed by atoms with Gasteiger partial charge in [0.15, 0.2) is 0 Å². The number of nitrogens with two attached hydrogens (primary N) is 1. The van der Waals surface area contributed by atoms with E-state index in [1.807, 2.05) is 0 Å². The van der Waals surface area contributed by atoms with E-state index in [2.05, 4.69) is 0 Å². The number of hydrogen-bond donors (Lipinski definition) is 7. The molecule has 0 aliphatic rings. The van der Waals surface area contributed by atoms with E-state index in [0.29, 0.717) is 33.4 Å². The van der Waals surface area contributed by atoms with E-state index < -0.39 is 116 Å². The van der Waals surface area contributed by atoms with Crippen molar-refractivity contribution in [3.05, 3.63) is 248 Å². The zero-order valence-corrected chi connectivity index (χ0v) is 49.5. The molecule has 0 saturated carbocycles. The van der Waals surface area contributed by atoms with Gasteiger partial charge in [0, 0.05) is 78.2 Å². The molecule has 8 N–H and O–H groups in total. The Kier molecular flexibility index (Phi) is 23.2. The minimum atomic E-state index is -1.36. The lowest BCUT2D eigenvalue weighted by Crippen LogP contribution is -2.36. The Morgan fingerprint density at radius 3 is 0.527 bits per heavy atom. The number of primary amides is 1. The first-order valence-electron chi connectivity index (χ1n) is 28.3. The second-order valence-corrected chi connectivity index (χ2v) is 21.2. The Morgan fingerprint density at radius 2 is 0.376 bits per heavy atom. The number of nitrogens with zero attached hydrogens (tertiary/aromatic N) is 6. The SMILES string of the molecule is NC(=O)c1ccc(CN(CC(=O)O)C(=O)c2ccc(CN(CC(=O)O)C(=O)c3ccc(CN(CC(=O)O)C(=O)c4ccc(CN(CC(=O)O)C(=O)c5ccc(CN(CC(=O)O)C(=O)c6ccc(CN(CC(=O)O)C(=O)c7ccccc7)cc6)cc5)cc4)cc3)cc2)cc1. The smallest absolute Gasteiger partial charge is 0.323 e. The fourth-order valence-corrected chi connectivity index (χ4v) is 9.71. The number of hydrogen-bond acceptors (Lipinski definition) is 13. The molecule has 478 valence electrons. The molecule has 26 nitrogen and oxygen atoms in total. The highest BCUT2D eigenvalue weighted by atomic mass is 16.4. The second-order valence-electron chi connectivity index (χ2n) is 21.2. The molecular formula is C67H61N7O19. The first-order chi connectivity index (χ1) is 44.3. The van der Waals surface area contributed by atoms with Crippen molar-refractivity contribution in [1.29, 1.82) is 0 Å². The van der Waals surface area contributed by atoms with Crippen molar-refractivity contribution in [3.8, 4) is 0 Å². The molecular weight excluding hydrogens is 1210 g/mol. The lowest BCUT2D eigenvalue weighted by atomic mass is 10.1. The first-order valence-corrected chi connectivity index (χ1v) is 28.3. The van der Waals surface area contributed by atoms with E-state index in [4.69, 9.17) is 5.73 Å². The third-order valence-corrected chi connectivity index (χ3v) is 14.2. The lowest BCUT2D eigenvalue weighted by molar-refractivity contribution is -0.138. The zero-order valence-electron chi connectivity index (χ0n) is 49.5. The van der Waals surface area contributed by atoms with Crippen LogP contribution in [0.2, 0.25) is 0 Å². The molecule has 0 saturated heterocycles. The van der Waals surface area contributed by atoms with Gasteiger partial charge in [-0.3, -0.25) is 62.3 Å². The second kappa shape index (κ2) is 31.7. The van der Waals surface area contributed by atoms with Crippen molar-refractivity contribution in [1.82, 2.24) is 29.4 Å². The molecule has 0 fully saturated rings. The standard InChI is InChI=1S/C67H61N7O19/c68-61(87)48-18-6-42(7-19-48)30-70(37-56(77)78)63(89)50-22-10-44(11-23-50)32-72(39-58(81)82)65(91)52-26-14-46(15-27-52)34-74(41-60(85)86)67(93)54-28-16-47(17-29-54)35-73(40-59(83)84)66(92)53-24-12-45(13-25-53)33-71(38-57(79)80)64(90)51-20-8-43(9-21-51)31-69(36-55(75)76)62(88)49-4-2-1-3-5-49/h1-29H,30-41H2,(H2,68,87)(H,75,76)(H,77,78)(H,79,80)(H,81,82)(H,83,84)(H,85,86). The molecule has 7 aromatic rings. The Morgan fingerprint density at radius 1 is 0.226 bits per heavy atom. The largest absolute Gasteiger partial charge is 0.480 e. The Bertz CT molecular complexity index is 3940. The fourth-order valence-electron chi connectivity index (χ4n) is 9.71. The van der Waals surface area contributed by atoms with E-state index in [9.17, 15) is 93.0 Å². The molecule has 0 atom stereocenters. The highest BCUT2D eigenvalue weighted by Gasteiger charge is 2.27. The molecule has 93 heavy (non-hydrogen) atoms. The maximum absolute atomic E-state index is 13.9. The van der Waals surface area contributed by atoms with Gasteiger partial charge in [0.05, 0.1) is 0 Å². The molecule has 7 rings (SSSR count). The van der Waals surface area contributed by atoms with Gasteiger partial charge in [0.2, 0.25) is 5.91 Å². The predicted octanol–water partition coefficient (Wildman–Crippen LogP) is 5.15. The van der Waals surface area contributed by atoms with Crippen LogP contribution in [-0.2, 0) is 68.0 Å². The normalized spacial score (nSPS) is 10.7. The summed E-state index contributed by atoms with van der Waals surface area (Å²) in [4.78, 5) is 171. The third-order valence-electron chi connectivity index (χ3n) is 14.2. The van der Waals surface area contributed by atoms with Crippen LogP contribution in [0.25, 0.3) is 0 Å². The van der Waals surface area contributed by atoms with Gasteiger partial charge in [0.25, 0.3) is 35.4 Å². The summed E-state index contributed by atoms with van der Waals surface area (Å²) < 4.78 is 0. The molecule has 26 heteroatoms. The monoisotopic (exact) mass is 1270 g/mol. The van der Waals surface area contributed by atoms with Crippen LogP contribution in [0.1, 0.15) is 106 Å². The van der Waals surface area contributed by atoms with Crippen LogP contribution < -0.4 is 5.73 Å². The molecule has 0 aliphatic carbocycles. The average Bonchev–Trinajstić information content (AvgIpc) is 1.02. The topological polar surface area (TPSA) is 389 Å². The summed E-state index contributed by atoms with van der Waals surface area (Å²) in [6.45, 7) is -5.45. The maximum Gasteiger partial charge on any atom is 0.323 e. The Labute approximate surface area is 530 Å². The van der Waals surface area contributed by atoms with Crippen LogP contribution in [0.15, 0.2) is 176 Å². The number of carbonyl (C=O) groups excluding carboxylic acids is 7. The van der Waals surface area contributed by atoms with Gasteiger partial charge in [0.1, 0.15) is 39.3 Å². The summed E-state index contributed by atoms with van der Waals surface area (Å²) in [6, 6.07) is 42.6. The van der Waals surface area contributed by atoms with E-state index in [1.165, 1.54) is 146 Å². The summed E-state index contributed by atoms with van der Waals surface area (Å²) in [5, 5.41) is 58.1. The van der Waals surface area contributed by atoms with Crippen LogP contribution in [0.3, 0.4) is 0 Å². The molecule has 0 bridgehead atoms. The van der Waals surface area contributed by atoms with Gasteiger partial charge in [-0.1, -0.05) is 91.0 Å². The number of benzene rings is 7. The minimum absolute atomic E-state index is 0.0235. The van der Waals surface area contributed by atoms with Crippen LogP contribution in [0.4, 0.5) is 0 Å². The number of rotatable bonds is 31. The molecule has 0 unspecified atom stereocenters. The number of amides is 7. The van der Waals surface area contributed by atoms with E-state index in [1.54, 1.807) is 30.3 Å². The first kappa shape index (κ1) is 68.1. The number of aliphatic carboxylic acids is 6. The van der Waals surface area contributed by atoms with Crippen molar-refractivity contribution >= 4 is 77.2 Å². The van der Waals surface area contributed by atoms with E-state index in [0.717, 1.165) is 29.4 Å². The van der Waals surface area contributed by atoms with Crippen LogP contribution in [-0.4, -0.2) is 176 Å². The molecule has 0 radical (unpaired) electrons. The Balaban J connectivity index is 0.964. The predicted molar refractivity (Wildman–Crippen MR) is 328 cm³/mol. The van der Waals surface area contributed by atoms with E-state index in [-0.39, 0.29) is 78.2 Å². The van der Waals surface area contributed by atoms with Gasteiger partial charge >= 0.3 is 35.8 Å². The average molecular weight is 1270 g/mol. The minimum Gasteiger partial charge on any atom is -0.480 e. The van der Waals surface area contributed by atoms with Crippen molar-refractivity contribution in [3.63, 3.8) is 0 Å². The Hall–Kier alpha value is -12.4. The van der Waals surface area contributed by atoms with Gasteiger partial charge < -0.3 is 65.8 Å². The van der Waals surface area contributed by atoms with Gasteiger partial charge in [-0.05, 0) is 118 Å². The fraction of sp³-hybridized carbons (Fsp3) is 0.179. The van der Waals surface area contributed by atoms with Crippen molar-refractivity contribution in [2.45, 2.75) is 39.3 Å². The van der Waals surface area contributed by atoms with Crippen molar-refractivity contribution in [2.24, 2.45) is 5.73 Å². The summed E-state index contributed by atoms with van der Waals surface area (Å²) >= 11 is 0. The van der Waals surface area contributed by atoms with Crippen LogP contribution >= 0.6 is 0 Å². The molecule has 7 aromatic carbocycles. The molecule has 0 aromatic heterocycles. The maximum atomic E-state index is 13.9. The molecule has 0 heterocycles. The number of carboxylic acid groups (broad SMARTS) is 6. The van der Waals surface area contributed by atoms with Crippen molar-refractivity contribution < 1.29 is 93.0 Å². The van der Waals surface area contributed by atoms with Crippen molar-refractivity contribution in [2.75, 3.05) is 39.3 Å². The van der Waals surface area contributed by atoms with E-state index >= 15 is 0 Å². The van der Waals surface area contributed by atoms with Gasteiger partial charge in [-0.15, -0.1) is 0 Å². The van der Waals surface area contributed by atoms with Gasteiger partial charge in [-0.2, -0.15) is 0 Å². The molecule has 0 spiro atoms. The number of carboxylic acids is 6. The van der Waals surface area contributed by atoms with Crippen LogP contribution in [0, 0.1) is 0 Å². The quantitative estimate of drug-likeness (QED) is 0.0295. The summed E-state index contributed by atoms with van der Waals surface area (Å²) in [5.41, 5.74) is 8.67. The lowest BCUT2D eigenvalue weighted by Gasteiger charge is -2.24. The summed E-state index contributed by atoms with van der Waals surface area (Å²) in [7, 11) is 0. The third kappa shape index (κ3) is 19.8.